The number of alkyl halides is 2. The van der Waals surface area contributed by atoms with Crippen molar-refractivity contribution in [2.24, 2.45) is 11.8 Å². The first-order valence-corrected chi connectivity index (χ1v) is 7.45. The van der Waals surface area contributed by atoms with E-state index >= 15 is 0 Å². The zero-order valence-electron chi connectivity index (χ0n) is 7.81. The molecule has 2 atom stereocenters. The molecular weight excluding hydrogens is 294 g/mol. The Bertz CT molecular complexity index is 158. The monoisotopic (exact) mass is 309 g/mol. The molecule has 0 amide bonds. The number of halogens is 2. The third-order valence-corrected chi connectivity index (χ3v) is 5.24. The zero-order chi connectivity index (χ0) is 9.26. The lowest BCUT2D eigenvalue weighted by molar-refractivity contribution is 0.247. The maximum absolute atomic E-state index is 3.69. The minimum absolute atomic E-state index is 0.837. The average molecular weight is 311 g/mol. The molecule has 0 saturated carbocycles. The van der Waals surface area contributed by atoms with Gasteiger partial charge in [-0.05, 0) is 37.5 Å². The third-order valence-electron chi connectivity index (χ3n) is 3.57. The van der Waals surface area contributed by atoms with Gasteiger partial charge in [-0.1, -0.05) is 31.9 Å². The predicted molar refractivity (Wildman–Crippen MR) is 63.7 cm³/mol. The van der Waals surface area contributed by atoms with E-state index in [0.717, 1.165) is 34.6 Å². The second-order valence-electron chi connectivity index (χ2n) is 4.44. The molecule has 2 aliphatic heterocycles. The van der Waals surface area contributed by atoms with E-state index in [-0.39, 0.29) is 0 Å². The van der Waals surface area contributed by atoms with Crippen LogP contribution in [0.3, 0.4) is 0 Å². The van der Waals surface area contributed by atoms with E-state index in [1.54, 1.807) is 0 Å². The fourth-order valence-electron chi connectivity index (χ4n) is 2.78. The Balaban J connectivity index is 1.93. The number of rotatable bonds is 3. The van der Waals surface area contributed by atoms with E-state index < -0.39 is 0 Å². The van der Waals surface area contributed by atoms with Gasteiger partial charge in [0.1, 0.15) is 0 Å². The van der Waals surface area contributed by atoms with Gasteiger partial charge in [0.25, 0.3) is 0 Å². The number of hydrogen-bond donors (Lipinski definition) is 1. The van der Waals surface area contributed by atoms with Crippen LogP contribution < -0.4 is 5.32 Å². The smallest absolute Gasteiger partial charge is 0.00729 e. The normalized spacial score (nSPS) is 38.5. The molecule has 2 bridgehead atoms. The summed E-state index contributed by atoms with van der Waals surface area (Å²) in [6.45, 7) is 0. The van der Waals surface area contributed by atoms with E-state index in [9.17, 15) is 0 Å². The van der Waals surface area contributed by atoms with Crippen LogP contribution in [0.15, 0.2) is 0 Å². The Morgan fingerprint density at radius 2 is 1.62 bits per heavy atom. The van der Waals surface area contributed by atoms with Crippen LogP contribution in [0.25, 0.3) is 0 Å². The standard InChI is InChI=1S/C10H17Br2N/c11-5-8(6-12)7-3-9-1-2-10(4-7)13-9/h7-10,13H,1-6H2. The Morgan fingerprint density at radius 3 is 2.08 bits per heavy atom. The van der Waals surface area contributed by atoms with Gasteiger partial charge in [-0.15, -0.1) is 0 Å². The van der Waals surface area contributed by atoms with Gasteiger partial charge in [0.2, 0.25) is 0 Å². The van der Waals surface area contributed by atoms with Crippen LogP contribution >= 0.6 is 31.9 Å². The van der Waals surface area contributed by atoms with E-state index in [0.29, 0.717) is 0 Å². The Morgan fingerprint density at radius 1 is 1.08 bits per heavy atom. The molecule has 2 aliphatic rings. The number of fused-ring (bicyclic) bond motifs is 2. The van der Waals surface area contributed by atoms with Crippen LogP contribution in [0.5, 0.6) is 0 Å². The summed E-state index contributed by atoms with van der Waals surface area (Å²) in [6.07, 6.45) is 5.63. The number of hydrogen-bond acceptors (Lipinski definition) is 1. The lowest BCUT2D eigenvalue weighted by Crippen LogP contribution is -2.41. The van der Waals surface area contributed by atoms with Crippen LogP contribution in [-0.4, -0.2) is 22.7 Å². The summed E-state index contributed by atoms with van der Waals surface area (Å²) in [4.78, 5) is 0. The first-order valence-electron chi connectivity index (χ1n) is 5.21. The summed E-state index contributed by atoms with van der Waals surface area (Å²) in [5.74, 6) is 1.78. The van der Waals surface area contributed by atoms with Crippen molar-refractivity contribution in [3.63, 3.8) is 0 Å². The minimum Gasteiger partial charge on any atom is -0.311 e. The van der Waals surface area contributed by atoms with Crippen LogP contribution in [0.4, 0.5) is 0 Å². The SMILES string of the molecule is BrCC(CBr)C1CC2CCC(C1)N2. The fourth-order valence-corrected chi connectivity index (χ4v) is 4.91. The molecular formula is C10H17Br2N. The second-order valence-corrected chi connectivity index (χ2v) is 5.73. The molecule has 1 N–H and O–H groups in total. The highest BCUT2D eigenvalue weighted by atomic mass is 79.9. The molecule has 0 radical (unpaired) electrons. The molecule has 2 rings (SSSR count). The van der Waals surface area contributed by atoms with Crippen LogP contribution in [0.2, 0.25) is 0 Å². The highest BCUT2D eigenvalue weighted by molar-refractivity contribution is 9.09. The summed E-state index contributed by atoms with van der Waals surface area (Å²) in [6, 6.07) is 1.67. The van der Waals surface area contributed by atoms with Crippen molar-refractivity contribution in [3.8, 4) is 0 Å². The van der Waals surface area contributed by atoms with Gasteiger partial charge < -0.3 is 5.32 Å². The molecule has 76 valence electrons. The van der Waals surface area contributed by atoms with E-state index in [1.165, 1.54) is 25.7 Å². The molecule has 0 aromatic heterocycles. The molecule has 2 saturated heterocycles. The van der Waals surface area contributed by atoms with Crippen molar-refractivity contribution in [1.82, 2.24) is 5.32 Å². The van der Waals surface area contributed by atoms with Gasteiger partial charge in [0, 0.05) is 22.7 Å². The lowest BCUT2D eigenvalue weighted by Gasteiger charge is -2.33. The molecule has 1 nitrogen and oxygen atoms in total. The Labute approximate surface area is 97.3 Å². The first-order chi connectivity index (χ1) is 6.33. The quantitative estimate of drug-likeness (QED) is 0.790. The molecule has 0 aromatic carbocycles. The molecule has 0 aliphatic carbocycles. The average Bonchev–Trinajstić information content (AvgIpc) is 2.48. The van der Waals surface area contributed by atoms with Crippen molar-refractivity contribution < 1.29 is 0 Å². The van der Waals surface area contributed by atoms with Crippen LogP contribution in [0, 0.1) is 11.8 Å². The van der Waals surface area contributed by atoms with Crippen molar-refractivity contribution in [1.29, 1.82) is 0 Å². The minimum atomic E-state index is 0.837. The maximum atomic E-state index is 3.69. The van der Waals surface area contributed by atoms with Crippen molar-refractivity contribution in [3.05, 3.63) is 0 Å². The zero-order valence-corrected chi connectivity index (χ0v) is 11.0. The van der Waals surface area contributed by atoms with Gasteiger partial charge in [-0.2, -0.15) is 0 Å². The maximum Gasteiger partial charge on any atom is 0.00729 e. The van der Waals surface area contributed by atoms with Gasteiger partial charge in [-0.3, -0.25) is 0 Å². The highest BCUT2D eigenvalue weighted by Gasteiger charge is 2.36. The molecule has 2 heterocycles. The summed E-state index contributed by atoms with van der Waals surface area (Å²) < 4.78 is 0. The van der Waals surface area contributed by atoms with Gasteiger partial charge in [0.05, 0.1) is 0 Å². The van der Waals surface area contributed by atoms with Gasteiger partial charge >= 0.3 is 0 Å². The molecule has 13 heavy (non-hydrogen) atoms. The summed E-state index contributed by atoms with van der Waals surface area (Å²) in [5.41, 5.74) is 0. The van der Waals surface area contributed by atoms with Crippen molar-refractivity contribution in [2.75, 3.05) is 10.7 Å². The largest absolute Gasteiger partial charge is 0.311 e. The van der Waals surface area contributed by atoms with E-state index in [2.05, 4.69) is 37.2 Å². The number of nitrogens with one attached hydrogen (secondary N) is 1. The van der Waals surface area contributed by atoms with E-state index in [1.807, 2.05) is 0 Å². The lowest BCUT2D eigenvalue weighted by atomic mass is 9.84. The van der Waals surface area contributed by atoms with Crippen molar-refractivity contribution in [2.45, 2.75) is 37.8 Å². The first kappa shape index (κ1) is 10.4. The van der Waals surface area contributed by atoms with Gasteiger partial charge in [0.15, 0.2) is 0 Å². The summed E-state index contributed by atoms with van der Waals surface area (Å²) in [5, 5.41) is 6.00. The second kappa shape index (κ2) is 4.63. The molecule has 0 aromatic rings. The van der Waals surface area contributed by atoms with Crippen LogP contribution in [0.1, 0.15) is 25.7 Å². The Kier molecular flexibility index (Phi) is 3.71. The third kappa shape index (κ3) is 2.29. The highest BCUT2D eigenvalue weighted by Crippen LogP contribution is 2.36. The fraction of sp³-hybridized carbons (Fsp3) is 1.00. The molecule has 2 fully saturated rings. The molecule has 2 unspecified atom stereocenters. The van der Waals surface area contributed by atoms with Crippen LogP contribution in [-0.2, 0) is 0 Å². The van der Waals surface area contributed by atoms with Gasteiger partial charge in [-0.25, -0.2) is 0 Å². The molecule has 3 heteroatoms. The Hall–Kier alpha value is 0.920. The topological polar surface area (TPSA) is 12.0 Å². The summed E-state index contributed by atoms with van der Waals surface area (Å²) >= 11 is 7.24. The summed E-state index contributed by atoms with van der Waals surface area (Å²) in [7, 11) is 0. The number of piperidine rings is 1. The molecule has 0 spiro atoms. The van der Waals surface area contributed by atoms with Crippen molar-refractivity contribution >= 4 is 31.9 Å². The van der Waals surface area contributed by atoms with E-state index in [4.69, 9.17) is 0 Å². The predicted octanol–water partition coefficient (Wildman–Crippen LogP) is 2.92.